The van der Waals surface area contributed by atoms with Crippen molar-refractivity contribution in [3.63, 3.8) is 0 Å². The van der Waals surface area contributed by atoms with E-state index in [0.717, 1.165) is 34.7 Å². The molecule has 0 aliphatic heterocycles. The molecule has 214 valence electrons. The first kappa shape index (κ1) is 34.2. The average Bonchev–Trinajstić information content (AvgIpc) is 3.33. The Morgan fingerprint density at radius 3 is 2.23 bits per heavy atom. The molecule has 0 fully saturated rings. The Balaban J connectivity index is 0.000000477. The van der Waals surface area contributed by atoms with Gasteiger partial charge in [0.25, 0.3) is 0 Å². The predicted molar refractivity (Wildman–Crippen MR) is 177 cm³/mol. The smallest absolute Gasteiger partial charge is 0.138 e. The molecule has 0 unspecified atom stereocenters. The van der Waals surface area contributed by atoms with Crippen molar-refractivity contribution in [3.8, 4) is 11.3 Å². The molecule has 0 radical (unpaired) electrons. The first-order valence-corrected chi connectivity index (χ1v) is 14.0. The number of benzene rings is 2. The molecule has 0 spiro atoms. The van der Waals surface area contributed by atoms with Gasteiger partial charge in [-0.1, -0.05) is 93.4 Å². The maximum Gasteiger partial charge on any atom is 0.138 e. The van der Waals surface area contributed by atoms with Gasteiger partial charge >= 0.3 is 0 Å². The lowest BCUT2D eigenvalue weighted by atomic mass is 10.0. The van der Waals surface area contributed by atoms with Crippen LogP contribution in [0.5, 0.6) is 0 Å². The standard InChI is InChI=1S/C22H24N4.C10H14.C2H6.CH5N/c1-16-6-8-19(9-7-16)21-22(17(2)10-12-23-3)26-13-11-18(15-25(4)5)14-20(26)24-21;1-3-5-10-7-4-6-9(2)8-10;2*1-2/h6-14H,2-3,15H2,1,4-5H3;4,6-8H,3,5H2,1-2H3;1-2H3;2H2,1H3/b12-10-;;;. The zero-order chi connectivity index (χ0) is 30.1. The summed E-state index contributed by atoms with van der Waals surface area (Å²) in [6.07, 6.45) is 8.03. The van der Waals surface area contributed by atoms with Crippen LogP contribution in [0.4, 0.5) is 0 Å². The zero-order valence-electron chi connectivity index (χ0n) is 25.9. The van der Waals surface area contributed by atoms with Crippen LogP contribution in [-0.4, -0.2) is 42.1 Å². The summed E-state index contributed by atoms with van der Waals surface area (Å²) >= 11 is 0. The van der Waals surface area contributed by atoms with Gasteiger partial charge in [-0.25, -0.2) is 4.98 Å². The van der Waals surface area contributed by atoms with Crippen LogP contribution >= 0.6 is 0 Å². The van der Waals surface area contributed by atoms with E-state index in [0.29, 0.717) is 0 Å². The van der Waals surface area contributed by atoms with Crippen molar-refractivity contribution < 1.29 is 0 Å². The lowest BCUT2D eigenvalue weighted by Crippen LogP contribution is -2.10. The van der Waals surface area contributed by atoms with Crippen molar-refractivity contribution in [3.05, 3.63) is 114 Å². The van der Waals surface area contributed by atoms with Gasteiger partial charge in [0.1, 0.15) is 5.65 Å². The van der Waals surface area contributed by atoms with Crippen LogP contribution in [0.25, 0.3) is 22.5 Å². The molecule has 2 aromatic heterocycles. The van der Waals surface area contributed by atoms with Gasteiger partial charge in [-0.05, 0) is 83.0 Å². The summed E-state index contributed by atoms with van der Waals surface area (Å²) in [4.78, 5) is 10.9. The first-order valence-electron chi connectivity index (χ1n) is 14.0. The molecule has 4 aromatic rings. The summed E-state index contributed by atoms with van der Waals surface area (Å²) in [7, 11) is 5.63. The highest BCUT2D eigenvalue weighted by molar-refractivity contribution is 5.83. The molecular formula is C35H49N5. The highest BCUT2D eigenvalue weighted by atomic mass is 15.1. The molecule has 0 bridgehead atoms. The van der Waals surface area contributed by atoms with Crippen LogP contribution in [0.15, 0.2) is 90.7 Å². The van der Waals surface area contributed by atoms with Gasteiger partial charge in [0, 0.05) is 24.5 Å². The Morgan fingerprint density at radius 2 is 1.65 bits per heavy atom. The molecule has 0 aliphatic carbocycles. The van der Waals surface area contributed by atoms with E-state index < -0.39 is 0 Å². The molecule has 4 rings (SSSR count). The highest BCUT2D eigenvalue weighted by Gasteiger charge is 2.16. The summed E-state index contributed by atoms with van der Waals surface area (Å²) in [5, 5.41) is 0. The fraction of sp³-hybridized carbons (Fsp3) is 0.314. The summed E-state index contributed by atoms with van der Waals surface area (Å²) in [5.41, 5.74) is 14.5. The summed E-state index contributed by atoms with van der Waals surface area (Å²) < 4.78 is 2.09. The molecular weight excluding hydrogens is 490 g/mol. The number of aromatic nitrogens is 2. The normalized spacial score (nSPS) is 10.2. The number of pyridine rings is 1. The maximum absolute atomic E-state index is 4.91. The first-order chi connectivity index (χ1) is 19.3. The van der Waals surface area contributed by atoms with Crippen LogP contribution < -0.4 is 5.73 Å². The quantitative estimate of drug-likeness (QED) is 0.182. The van der Waals surface area contributed by atoms with Crippen molar-refractivity contribution >= 4 is 17.9 Å². The molecule has 0 saturated carbocycles. The number of rotatable bonds is 8. The second kappa shape index (κ2) is 18.5. The van der Waals surface area contributed by atoms with E-state index >= 15 is 0 Å². The van der Waals surface area contributed by atoms with Crippen LogP contribution in [0.2, 0.25) is 0 Å². The van der Waals surface area contributed by atoms with Crippen molar-refractivity contribution in [1.29, 1.82) is 0 Å². The molecule has 5 nitrogen and oxygen atoms in total. The Morgan fingerprint density at radius 1 is 0.975 bits per heavy atom. The predicted octanol–water partition coefficient (Wildman–Crippen LogP) is 8.15. The Kier molecular flexibility index (Phi) is 15.8. The second-order valence-electron chi connectivity index (χ2n) is 9.44. The van der Waals surface area contributed by atoms with Gasteiger partial charge in [-0.3, -0.25) is 9.39 Å². The summed E-state index contributed by atoms with van der Waals surface area (Å²) in [5.74, 6) is 0. The number of nitrogens with two attached hydrogens (primary N) is 1. The van der Waals surface area contributed by atoms with Crippen molar-refractivity contribution in [1.82, 2.24) is 14.3 Å². The number of fused-ring (bicyclic) bond motifs is 1. The summed E-state index contributed by atoms with van der Waals surface area (Å²) in [6.45, 7) is 19.0. The number of hydrogen-bond acceptors (Lipinski definition) is 4. The molecule has 0 atom stereocenters. The van der Waals surface area contributed by atoms with Crippen molar-refractivity contribution in [2.24, 2.45) is 10.7 Å². The lowest BCUT2D eigenvalue weighted by Gasteiger charge is -2.10. The fourth-order valence-electron chi connectivity index (χ4n) is 4.15. The molecule has 40 heavy (non-hydrogen) atoms. The minimum atomic E-state index is 0.848. The van der Waals surface area contributed by atoms with Gasteiger partial charge < -0.3 is 10.6 Å². The number of nitrogens with zero attached hydrogens (tertiary/aromatic N) is 4. The number of aliphatic imine (C=N–C) groups is 1. The van der Waals surface area contributed by atoms with E-state index in [4.69, 9.17) is 4.98 Å². The van der Waals surface area contributed by atoms with Crippen molar-refractivity contribution in [2.45, 2.75) is 54.0 Å². The molecule has 0 amide bonds. The van der Waals surface area contributed by atoms with Crippen molar-refractivity contribution in [2.75, 3.05) is 21.1 Å². The number of aryl methyl sites for hydroxylation is 3. The number of allylic oxidation sites excluding steroid dienone is 2. The fourth-order valence-corrected chi connectivity index (χ4v) is 4.15. The Hall–Kier alpha value is -3.80. The largest absolute Gasteiger partial charge is 0.333 e. The molecule has 2 heterocycles. The van der Waals surface area contributed by atoms with Gasteiger partial charge in [0.05, 0.1) is 11.4 Å². The van der Waals surface area contributed by atoms with Gasteiger partial charge in [-0.15, -0.1) is 0 Å². The molecule has 0 aliphatic rings. The highest BCUT2D eigenvalue weighted by Crippen LogP contribution is 2.30. The second-order valence-corrected chi connectivity index (χ2v) is 9.44. The van der Waals surface area contributed by atoms with E-state index in [1.165, 1.54) is 42.1 Å². The Bertz CT molecular complexity index is 1340. The lowest BCUT2D eigenvalue weighted by molar-refractivity contribution is 0.402. The van der Waals surface area contributed by atoms with E-state index in [-0.39, 0.29) is 0 Å². The SMILES string of the molecule is C=N/C=C\C(=C)c1c(-c2ccc(C)cc2)nc2cc(CN(C)C)ccn12.CC.CCCc1cccc(C)c1.CN. The third kappa shape index (κ3) is 10.4. The van der Waals surface area contributed by atoms with E-state index in [9.17, 15) is 0 Å². The maximum atomic E-state index is 4.91. The van der Waals surface area contributed by atoms with Crippen LogP contribution in [-0.2, 0) is 13.0 Å². The van der Waals surface area contributed by atoms with Crippen LogP contribution in [0, 0.1) is 13.8 Å². The van der Waals surface area contributed by atoms with Crippen LogP contribution in [0.1, 0.15) is 55.1 Å². The van der Waals surface area contributed by atoms with Gasteiger partial charge in [-0.2, -0.15) is 0 Å². The van der Waals surface area contributed by atoms with E-state index in [1.54, 1.807) is 6.20 Å². The molecule has 2 N–H and O–H groups in total. The minimum absolute atomic E-state index is 0.848. The third-order valence-electron chi connectivity index (χ3n) is 5.82. The third-order valence-corrected chi connectivity index (χ3v) is 5.82. The molecule has 5 heteroatoms. The average molecular weight is 540 g/mol. The zero-order valence-corrected chi connectivity index (χ0v) is 25.9. The number of imidazole rings is 1. The topological polar surface area (TPSA) is 58.9 Å². The Labute approximate surface area is 242 Å². The molecule has 0 saturated heterocycles. The summed E-state index contributed by atoms with van der Waals surface area (Å²) in [6, 6.07) is 21.4. The van der Waals surface area contributed by atoms with E-state index in [1.807, 2.05) is 19.9 Å². The molecule has 2 aromatic carbocycles. The van der Waals surface area contributed by atoms with Gasteiger partial charge in [0.2, 0.25) is 0 Å². The van der Waals surface area contributed by atoms with Gasteiger partial charge in [0.15, 0.2) is 0 Å². The van der Waals surface area contributed by atoms with Crippen LogP contribution in [0.3, 0.4) is 0 Å². The monoisotopic (exact) mass is 539 g/mol. The minimum Gasteiger partial charge on any atom is -0.333 e. The van der Waals surface area contributed by atoms with E-state index in [2.05, 4.69) is 135 Å². The number of hydrogen-bond donors (Lipinski definition) is 1.